The van der Waals surface area contributed by atoms with Gasteiger partial charge in [-0.25, -0.2) is 4.39 Å². The summed E-state index contributed by atoms with van der Waals surface area (Å²) in [5, 5.41) is 5.44. The molecule has 0 spiro atoms. The Balaban J connectivity index is 1.59. The number of thioether (sulfide) groups is 1. The fraction of sp³-hybridized carbons (Fsp3) is 0.0952. The molecule has 0 unspecified atom stereocenters. The molecule has 0 aliphatic heterocycles. The van der Waals surface area contributed by atoms with Gasteiger partial charge in [0.25, 0.3) is 0 Å². The highest BCUT2D eigenvalue weighted by atomic mass is 127. The number of nitrogens with zero attached hydrogens (tertiary/aromatic N) is 2. The van der Waals surface area contributed by atoms with E-state index in [4.69, 9.17) is 0 Å². The number of hydrogen-bond acceptors (Lipinski definition) is 2. The SMILES string of the molecule is Fc1cc2c(cnn2Cc2ccccc2I)cc1SCc1ccccc1. The van der Waals surface area contributed by atoms with E-state index in [2.05, 4.69) is 52.0 Å². The highest BCUT2D eigenvalue weighted by Crippen LogP contribution is 2.30. The molecule has 4 aromatic rings. The maximum atomic E-state index is 14.6. The van der Waals surface area contributed by atoms with E-state index < -0.39 is 0 Å². The van der Waals surface area contributed by atoms with Crippen molar-refractivity contribution in [2.75, 3.05) is 0 Å². The maximum absolute atomic E-state index is 14.6. The third kappa shape index (κ3) is 3.78. The van der Waals surface area contributed by atoms with E-state index in [9.17, 15) is 4.39 Å². The van der Waals surface area contributed by atoms with Gasteiger partial charge in [0.15, 0.2) is 0 Å². The Kier molecular flexibility index (Phi) is 5.26. The second-order valence-electron chi connectivity index (χ2n) is 6.01. The molecule has 1 aromatic heterocycles. The van der Waals surface area contributed by atoms with Crippen molar-refractivity contribution in [1.29, 1.82) is 0 Å². The van der Waals surface area contributed by atoms with E-state index in [1.165, 1.54) is 26.5 Å². The summed E-state index contributed by atoms with van der Waals surface area (Å²) < 4.78 is 17.7. The monoisotopic (exact) mass is 474 g/mol. The molecule has 3 aromatic carbocycles. The van der Waals surface area contributed by atoms with E-state index in [0.717, 1.165) is 16.7 Å². The summed E-state index contributed by atoms with van der Waals surface area (Å²) >= 11 is 3.84. The highest BCUT2D eigenvalue weighted by molar-refractivity contribution is 14.1. The van der Waals surface area contributed by atoms with Crippen LogP contribution in [0.5, 0.6) is 0 Å². The van der Waals surface area contributed by atoms with Crippen LogP contribution >= 0.6 is 34.4 Å². The third-order valence-electron chi connectivity index (χ3n) is 4.21. The van der Waals surface area contributed by atoms with Crippen LogP contribution in [-0.4, -0.2) is 9.78 Å². The lowest BCUT2D eigenvalue weighted by Gasteiger charge is -2.08. The molecular formula is C21H16FIN2S. The molecule has 26 heavy (non-hydrogen) atoms. The molecule has 130 valence electrons. The van der Waals surface area contributed by atoms with Gasteiger partial charge in [0, 0.05) is 25.7 Å². The van der Waals surface area contributed by atoms with Crippen LogP contribution < -0.4 is 0 Å². The molecule has 0 bridgehead atoms. The molecule has 1 heterocycles. The van der Waals surface area contributed by atoms with Crippen molar-refractivity contribution >= 4 is 45.3 Å². The Hall–Kier alpha value is -1.86. The summed E-state index contributed by atoms with van der Waals surface area (Å²) in [6.07, 6.45) is 1.82. The molecule has 5 heteroatoms. The summed E-state index contributed by atoms with van der Waals surface area (Å²) in [5.41, 5.74) is 3.19. The Bertz CT molecular complexity index is 1050. The minimum absolute atomic E-state index is 0.192. The van der Waals surface area contributed by atoms with E-state index in [1.54, 1.807) is 6.07 Å². The number of halogens is 2. The lowest BCUT2D eigenvalue weighted by atomic mass is 10.2. The molecule has 0 atom stereocenters. The second-order valence-corrected chi connectivity index (χ2v) is 8.19. The molecule has 4 rings (SSSR count). The average molecular weight is 474 g/mol. The molecule has 0 saturated carbocycles. The van der Waals surface area contributed by atoms with Crippen LogP contribution in [-0.2, 0) is 12.3 Å². The van der Waals surface area contributed by atoms with Crippen LogP contribution in [0.15, 0.2) is 77.8 Å². The van der Waals surface area contributed by atoms with E-state index in [0.29, 0.717) is 11.4 Å². The minimum Gasteiger partial charge on any atom is -0.260 e. The fourth-order valence-corrected chi connectivity index (χ4v) is 4.32. The number of aromatic nitrogens is 2. The van der Waals surface area contributed by atoms with Crippen molar-refractivity contribution in [3.63, 3.8) is 0 Å². The van der Waals surface area contributed by atoms with Gasteiger partial charge >= 0.3 is 0 Å². The van der Waals surface area contributed by atoms with Gasteiger partial charge in [0.05, 0.1) is 18.3 Å². The van der Waals surface area contributed by atoms with Crippen LogP contribution in [0.4, 0.5) is 4.39 Å². The summed E-state index contributed by atoms with van der Waals surface area (Å²) in [6.45, 7) is 0.637. The van der Waals surface area contributed by atoms with Crippen LogP contribution in [0.1, 0.15) is 11.1 Å². The Labute approximate surface area is 169 Å². The van der Waals surface area contributed by atoms with Crippen LogP contribution in [0.3, 0.4) is 0 Å². The van der Waals surface area contributed by atoms with E-state index in [-0.39, 0.29) is 5.82 Å². The van der Waals surface area contributed by atoms with Gasteiger partial charge in [-0.05, 0) is 45.9 Å². The van der Waals surface area contributed by atoms with Crippen LogP contribution in [0, 0.1) is 9.39 Å². The smallest absolute Gasteiger partial charge is 0.138 e. The van der Waals surface area contributed by atoms with E-state index >= 15 is 0 Å². The van der Waals surface area contributed by atoms with Gasteiger partial charge in [-0.15, -0.1) is 11.8 Å². The molecule has 0 N–H and O–H groups in total. The van der Waals surface area contributed by atoms with Crippen LogP contribution in [0.2, 0.25) is 0 Å². The summed E-state index contributed by atoms with van der Waals surface area (Å²) in [7, 11) is 0. The molecule has 2 nitrogen and oxygen atoms in total. The average Bonchev–Trinajstić information content (AvgIpc) is 3.04. The molecule has 0 radical (unpaired) electrons. The topological polar surface area (TPSA) is 17.8 Å². The summed E-state index contributed by atoms with van der Waals surface area (Å²) in [4.78, 5) is 0.662. The lowest BCUT2D eigenvalue weighted by molar-refractivity contribution is 0.602. The zero-order valence-electron chi connectivity index (χ0n) is 13.9. The molecule has 0 saturated heterocycles. The van der Waals surface area contributed by atoms with Crippen molar-refractivity contribution in [3.8, 4) is 0 Å². The van der Waals surface area contributed by atoms with E-state index in [1.807, 2.05) is 47.3 Å². The number of fused-ring (bicyclic) bond motifs is 1. The van der Waals surface area contributed by atoms with Crippen LogP contribution in [0.25, 0.3) is 10.9 Å². The first kappa shape index (κ1) is 17.5. The molecule has 0 fully saturated rings. The number of rotatable bonds is 5. The Morgan fingerprint density at radius 3 is 2.58 bits per heavy atom. The fourth-order valence-electron chi connectivity index (χ4n) is 2.84. The maximum Gasteiger partial charge on any atom is 0.138 e. The summed E-state index contributed by atoms with van der Waals surface area (Å²) in [5.74, 6) is 0.558. The zero-order valence-corrected chi connectivity index (χ0v) is 16.9. The lowest BCUT2D eigenvalue weighted by Crippen LogP contribution is -2.03. The van der Waals surface area contributed by atoms with Gasteiger partial charge in [-0.3, -0.25) is 4.68 Å². The largest absolute Gasteiger partial charge is 0.260 e. The second kappa shape index (κ2) is 7.80. The molecule has 0 aliphatic carbocycles. The normalized spacial score (nSPS) is 11.2. The van der Waals surface area contributed by atoms with Crippen molar-refractivity contribution in [2.45, 2.75) is 17.2 Å². The number of benzene rings is 3. The predicted molar refractivity (Wildman–Crippen MR) is 114 cm³/mol. The van der Waals surface area contributed by atoms with Crippen molar-refractivity contribution < 1.29 is 4.39 Å². The van der Waals surface area contributed by atoms with Crippen molar-refractivity contribution in [3.05, 3.63) is 93.4 Å². The zero-order chi connectivity index (χ0) is 17.9. The first-order valence-electron chi connectivity index (χ1n) is 8.26. The first-order chi connectivity index (χ1) is 12.7. The summed E-state index contributed by atoms with van der Waals surface area (Å²) in [6, 6.07) is 21.8. The quantitative estimate of drug-likeness (QED) is 0.256. The molecule has 0 amide bonds. The standard InChI is InChI=1S/C21H16FIN2S/c22-18-11-20-17(10-21(18)26-14-15-6-2-1-3-7-15)12-24-25(20)13-16-8-4-5-9-19(16)23/h1-12H,13-14H2. The number of hydrogen-bond donors (Lipinski definition) is 0. The van der Waals surface area contributed by atoms with Gasteiger partial charge in [0.1, 0.15) is 5.82 Å². The predicted octanol–water partition coefficient (Wildman–Crippen LogP) is 6.12. The molecular weight excluding hydrogens is 458 g/mol. The van der Waals surface area contributed by atoms with Crippen molar-refractivity contribution in [1.82, 2.24) is 9.78 Å². The molecule has 0 aliphatic rings. The van der Waals surface area contributed by atoms with Gasteiger partial charge < -0.3 is 0 Å². The van der Waals surface area contributed by atoms with Gasteiger partial charge in [0.2, 0.25) is 0 Å². The third-order valence-corrected chi connectivity index (χ3v) is 6.36. The first-order valence-corrected chi connectivity index (χ1v) is 10.3. The minimum atomic E-state index is -0.192. The van der Waals surface area contributed by atoms with Crippen molar-refractivity contribution in [2.24, 2.45) is 0 Å². The highest BCUT2D eigenvalue weighted by Gasteiger charge is 2.11. The van der Waals surface area contributed by atoms with Gasteiger partial charge in [-0.2, -0.15) is 5.10 Å². The van der Waals surface area contributed by atoms with Gasteiger partial charge in [-0.1, -0.05) is 48.5 Å². The Morgan fingerprint density at radius 1 is 1.00 bits per heavy atom. The Morgan fingerprint density at radius 2 is 1.77 bits per heavy atom.